The smallest absolute Gasteiger partial charge is 0.322 e. The van der Waals surface area contributed by atoms with Gasteiger partial charge in [0.1, 0.15) is 0 Å². The van der Waals surface area contributed by atoms with Crippen molar-refractivity contribution in [1.29, 1.82) is 0 Å². The van der Waals surface area contributed by atoms with Crippen LogP contribution in [0.1, 0.15) is 16.7 Å². The molecule has 2 aromatic carbocycles. The lowest BCUT2D eigenvalue weighted by Crippen LogP contribution is -2.04. The Morgan fingerprint density at radius 3 is 2.68 bits per heavy atom. The van der Waals surface area contributed by atoms with Crippen LogP contribution in [0.3, 0.4) is 0 Å². The number of carbonyl (C=O) groups is 1. The van der Waals surface area contributed by atoms with E-state index in [-0.39, 0.29) is 23.0 Å². The Morgan fingerprint density at radius 2 is 2.04 bits per heavy atom. The van der Waals surface area contributed by atoms with Gasteiger partial charge in [-0.3, -0.25) is 14.9 Å². The summed E-state index contributed by atoms with van der Waals surface area (Å²) in [6.45, 7) is 1.85. The molecule has 8 heteroatoms. The third kappa shape index (κ3) is 2.74. The molecule has 0 spiro atoms. The molecule has 0 radical (unpaired) electrons. The monoisotopic (exact) mass is 404 g/mol. The zero-order chi connectivity index (χ0) is 18.3. The molecule has 1 amide bonds. The van der Waals surface area contributed by atoms with Crippen molar-refractivity contribution >= 4 is 44.9 Å². The molecule has 1 aliphatic heterocycles. The Labute approximate surface area is 151 Å². The predicted octanol–water partition coefficient (Wildman–Crippen LogP) is 3.87. The number of benzene rings is 2. The van der Waals surface area contributed by atoms with Crippen LogP contribution in [0.5, 0.6) is 11.5 Å². The summed E-state index contributed by atoms with van der Waals surface area (Å²) in [4.78, 5) is 23.2. The molecule has 128 valence electrons. The van der Waals surface area contributed by atoms with E-state index in [2.05, 4.69) is 21.2 Å². The number of nitro benzene ring substituents is 1. The highest BCUT2D eigenvalue weighted by atomic mass is 79.9. The highest BCUT2D eigenvalue weighted by Crippen LogP contribution is 2.43. The maximum absolute atomic E-state index is 12.4. The first-order valence-electron chi connectivity index (χ1n) is 7.22. The molecule has 0 unspecified atom stereocenters. The molecule has 1 aliphatic rings. The summed E-state index contributed by atoms with van der Waals surface area (Å²) >= 11 is 3.42. The van der Waals surface area contributed by atoms with Crippen LogP contribution in [0, 0.1) is 17.0 Å². The lowest BCUT2D eigenvalue weighted by Gasteiger charge is -2.08. The normalized spacial score (nSPS) is 14.4. The van der Waals surface area contributed by atoms with E-state index in [1.54, 1.807) is 6.07 Å². The second-order valence-electron chi connectivity index (χ2n) is 5.42. The van der Waals surface area contributed by atoms with Gasteiger partial charge in [-0.25, -0.2) is 0 Å². The van der Waals surface area contributed by atoms with Gasteiger partial charge in [-0.05, 0) is 42.8 Å². The molecule has 2 N–H and O–H groups in total. The van der Waals surface area contributed by atoms with Crippen molar-refractivity contribution in [3.63, 3.8) is 0 Å². The number of phenols is 1. The number of rotatable bonds is 3. The van der Waals surface area contributed by atoms with Crippen LogP contribution in [0.2, 0.25) is 0 Å². The summed E-state index contributed by atoms with van der Waals surface area (Å²) in [5.41, 5.74) is 2.24. The fourth-order valence-electron chi connectivity index (χ4n) is 2.82. The Balaban J connectivity index is 2.26. The summed E-state index contributed by atoms with van der Waals surface area (Å²) in [7, 11) is 1.23. The summed E-state index contributed by atoms with van der Waals surface area (Å²) < 4.78 is 5.78. The van der Waals surface area contributed by atoms with Gasteiger partial charge < -0.3 is 15.2 Å². The average molecular weight is 405 g/mol. The number of phenolic OH excluding ortho intramolecular Hbond substituents is 1. The zero-order valence-electron chi connectivity index (χ0n) is 13.3. The van der Waals surface area contributed by atoms with Crippen molar-refractivity contribution in [2.24, 2.45) is 0 Å². The second-order valence-corrected chi connectivity index (χ2v) is 6.27. The molecule has 0 atom stereocenters. The first-order chi connectivity index (χ1) is 11.8. The Bertz CT molecular complexity index is 953. The number of hydrogen-bond acceptors (Lipinski definition) is 5. The molecule has 25 heavy (non-hydrogen) atoms. The lowest BCUT2D eigenvalue weighted by molar-refractivity contribution is -0.386. The fraction of sp³-hybridized carbons (Fsp3) is 0.118. The van der Waals surface area contributed by atoms with E-state index in [1.165, 1.54) is 25.3 Å². The van der Waals surface area contributed by atoms with Crippen molar-refractivity contribution in [3.8, 4) is 11.5 Å². The van der Waals surface area contributed by atoms with Gasteiger partial charge in [-0.1, -0.05) is 15.9 Å². The number of nitrogens with zero attached hydrogens (tertiary/aromatic N) is 1. The number of carbonyl (C=O) groups excluding carboxylic acids is 1. The van der Waals surface area contributed by atoms with Gasteiger partial charge in [-0.2, -0.15) is 0 Å². The van der Waals surface area contributed by atoms with Crippen molar-refractivity contribution in [2.75, 3.05) is 12.4 Å². The number of fused-ring (bicyclic) bond motifs is 1. The Hall–Kier alpha value is -2.87. The van der Waals surface area contributed by atoms with Crippen LogP contribution in [-0.4, -0.2) is 23.0 Å². The molecule has 0 aliphatic carbocycles. The van der Waals surface area contributed by atoms with E-state index >= 15 is 0 Å². The molecule has 0 bridgehead atoms. The SMILES string of the molecule is COc1c(O)ccc(C=C2C(=O)Nc3ccc(Br)c(C)c32)c1[N+](=O)[O-]. The second kappa shape index (κ2) is 6.21. The molecular formula is C17H13BrN2O5. The number of halogens is 1. The van der Waals surface area contributed by atoms with E-state index in [0.717, 1.165) is 10.0 Å². The van der Waals surface area contributed by atoms with Gasteiger partial charge in [0.2, 0.25) is 5.75 Å². The number of nitrogens with one attached hydrogen (secondary N) is 1. The lowest BCUT2D eigenvalue weighted by atomic mass is 9.98. The van der Waals surface area contributed by atoms with Crippen LogP contribution >= 0.6 is 15.9 Å². The van der Waals surface area contributed by atoms with Crippen LogP contribution in [-0.2, 0) is 4.79 Å². The molecule has 2 aromatic rings. The van der Waals surface area contributed by atoms with Crippen molar-refractivity contribution in [1.82, 2.24) is 0 Å². The molecule has 0 saturated carbocycles. The number of aromatic hydroxyl groups is 1. The number of nitro groups is 1. The highest BCUT2D eigenvalue weighted by molar-refractivity contribution is 9.10. The first-order valence-corrected chi connectivity index (χ1v) is 8.01. The first kappa shape index (κ1) is 17.0. The molecule has 3 rings (SSSR count). The van der Waals surface area contributed by atoms with Gasteiger partial charge >= 0.3 is 5.69 Å². The number of ether oxygens (including phenoxy) is 1. The van der Waals surface area contributed by atoms with Crippen molar-refractivity contribution in [2.45, 2.75) is 6.92 Å². The molecule has 0 aromatic heterocycles. The molecule has 0 fully saturated rings. The van der Waals surface area contributed by atoms with Gasteiger partial charge in [0.15, 0.2) is 5.75 Å². The highest BCUT2D eigenvalue weighted by Gasteiger charge is 2.29. The quantitative estimate of drug-likeness (QED) is 0.459. The van der Waals surface area contributed by atoms with E-state index in [0.29, 0.717) is 16.8 Å². The van der Waals surface area contributed by atoms with E-state index < -0.39 is 10.6 Å². The molecule has 7 nitrogen and oxygen atoms in total. The predicted molar refractivity (Wildman–Crippen MR) is 96.7 cm³/mol. The topological polar surface area (TPSA) is 102 Å². The van der Waals surface area contributed by atoms with Crippen molar-refractivity contribution < 1.29 is 19.6 Å². The molecule has 1 heterocycles. The van der Waals surface area contributed by atoms with E-state index in [9.17, 15) is 20.0 Å². The summed E-state index contributed by atoms with van der Waals surface area (Å²) in [5.74, 6) is -0.937. The van der Waals surface area contributed by atoms with E-state index in [4.69, 9.17) is 4.74 Å². The minimum Gasteiger partial charge on any atom is -0.504 e. The Kier molecular flexibility index (Phi) is 4.22. The van der Waals surface area contributed by atoms with E-state index in [1.807, 2.05) is 13.0 Å². The zero-order valence-corrected chi connectivity index (χ0v) is 14.9. The standard InChI is InChI=1S/C17H13BrN2O5/c1-8-11(18)4-5-12-14(8)10(17(22)19-12)7-9-3-6-13(21)16(25-2)15(9)20(23)24/h3-7,21H,1-2H3,(H,19,22). The maximum atomic E-state index is 12.4. The largest absolute Gasteiger partial charge is 0.504 e. The van der Waals surface area contributed by atoms with Crippen molar-refractivity contribution in [3.05, 3.63) is 55.5 Å². The maximum Gasteiger partial charge on any atom is 0.322 e. The van der Waals surface area contributed by atoms with Crippen LogP contribution < -0.4 is 10.1 Å². The van der Waals surface area contributed by atoms with Gasteiger partial charge in [0.05, 0.1) is 23.2 Å². The number of amides is 1. The Morgan fingerprint density at radius 1 is 1.32 bits per heavy atom. The van der Waals surface area contributed by atoms with Gasteiger partial charge in [0, 0.05) is 15.7 Å². The summed E-state index contributed by atoms with van der Waals surface area (Å²) in [5, 5.41) is 24.0. The minimum absolute atomic E-state index is 0.164. The molecular weight excluding hydrogens is 392 g/mol. The number of anilines is 1. The van der Waals surface area contributed by atoms with Crippen LogP contribution in [0.15, 0.2) is 28.7 Å². The van der Waals surface area contributed by atoms with Crippen LogP contribution in [0.25, 0.3) is 11.6 Å². The molecule has 0 saturated heterocycles. The summed E-state index contributed by atoms with van der Waals surface area (Å²) in [6, 6.07) is 6.25. The average Bonchev–Trinajstić information content (AvgIpc) is 2.88. The third-order valence-electron chi connectivity index (χ3n) is 3.99. The third-order valence-corrected chi connectivity index (χ3v) is 4.85. The fourth-order valence-corrected chi connectivity index (χ4v) is 3.15. The van der Waals surface area contributed by atoms with Gasteiger partial charge in [-0.15, -0.1) is 0 Å². The van der Waals surface area contributed by atoms with Gasteiger partial charge in [0.25, 0.3) is 5.91 Å². The number of hydrogen-bond donors (Lipinski definition) is 2. The van der Waals surface area contributed by atoms with Crippen LogP contribution in [0.4, 0.5) is 11.4 Å². The minimum atomic E-state index is -0.646. The summed E-state index contributed by atoms with van der Waals surface area (Å²) in [6.07, 6.45) is 1.43. The number of methoxy groups -OCH3 is 1.